The topological polar surface area (TPSA) is 82.1 Å². The summed E-state index contributed by atoms with van der Waals surface area (Å²) in [4.78, 5) is 28.8. The van der Waals surface area contributed by atoms with Crippen molar-refractivity contribution in [3.8, 4) is 0 Å². The van der Waals surface area contributed by atoms with E-state index in [0.29, 0.717) is 13.1 Å². The zero-order chi connectivity index (χ0) is 21.9. The third-order valence-electron chi connectivity index (χ3n) is 5.45. The second-order valence-corrected chi connectivity index (χ2v) is 7.70. The smallest absolute Gasteiger partial charge is 0.408 e. The molecule has 166 valence electrons. The summed E-state index contributed by atoms with van der Waals surface area (Å²) in [6.45, 7) is 3.39. The van der Waals surface area contributed by atoms with E-state index in [0.717, 1.165) is 38.0 Å². The Morgan fingerprint density at radius 2 is 1.55 bits per heavy atom. The highest BCUT2D eigenvalue weighted by atomic mass is 16.5. The van der Waals surface area contributed by atoms with Gasteiger partial charge < -0.3 is 20.1 Å². The number of nitrogens with zero attached hydrogens (tertiary/aromatic N) is 2. The van der Waals surface area contributed by atoms with Gasteiger partial charge in [-0.25, -0.2) is 4.79 Å². The number of carbonyl (C=O) groups is 2. The summed E-state index contributed by atoms with van der Waals surface area (Å²) >= 11 is 0. The molecule has 0 aromatic heterocycles. The van der Waals surface area contributed by atoms with Crippen LogP contribution in [0.15, 0.2) is 60.7 Å². The average Bonchev–Trinajstić information content (AvgIpc) is 2.82. The summed E-state index contributed by atoms with van der Waals surface area (Å²) in [6, 6.07) is 18.7. The van der Waals surface area contributed by atoms with Gasteiger partial charge in [0, 0.05) is 26.2 Å². The Bertz CT molecular complexity index is 808. The van der Waals surface area contributed by atoms with E-state index in [1.807, 2.05) is 36.4 Å². The molecule has 0 spiro atoms. The molecule has 1 aliphatic rings. The number of amides is 2. The Morgan fingerprint density at radius 1 is 0.935 bits per heavy atom. The van der Waals surface area contributed by atoms with Crippen LogP contribution in [0.25, 0.3) is 0 Å². The van der Waals surface area contributed by atoms with Crippen molar-refractivity contribution in [1.29, 1.82) is 0 Å². The first kappa shape index (κ1) is 22.8. The molecule has 2 N–H and O–H groups in total. The van der Waals surface area contributed by atoms with Crippen LogP contribution in [0, 0.1) is 0 Å². The van der Waals surface area contributed by atoms with Gasteiger partial charge in [0.2, 0.25) is 5.91 Å². The number of hydrogen-bond donors (Lipinski definition) is 2. The predicted molar refractivity (Wildman–Crippen MR) is 118 cm³/mol. The maximum absolute atomic E-state index is 12.7. The van der Waals surface area contributed by atoms with Gasteiger partial charge in [0.1, 0.15) is 12.6 Å². The number of carbonyl (C=O) groups excluding carboxylic acids is 2. The number of piperazine rings is 1. The molecule has 1 atom stereocenters. The van der Waals surface area contributed by atoms with E-state index in [4.69, 9.17) is 4.74 Å². The van der Waals surface area contributed by atoms with Crippen molar-refractivity contribution in [1.82, 2.24) is 15.1 Å². The molecule has 7 heteroatoms. The molecule has 31 heavy (non-hydrogen) atoms. The molecule has 1 heterocycles. The Labute approximate surface area is 183 Å². The molecule has 0 saturated carbocycles. The van der Waals surface area contributed by atoms with E-state index >= 15 is 0 Å². The fourth-order valence-corrected chi connectivity index (χ4v) is 3.66. The van der Waals surface area contributed by atoms with Crippen molar-refractivity contribution in [2.45, 2.75) is 25.5 Å². The quantitative estimate of drug-likeness (QED) is 0.643. The minimum absolute atomic E-state index is 0.112. The van der Waals surface area contributed by atoms with Crippen LogP contribution in [0.2, 0.25) is 0 Å². The Hall–Kier alpha value is -2.90. The van der Waals surface area contributed by atoms with Crippen molar-refractivity contribution in [3.05, 3.63) is 71.8 Å². The Morgan fingerprint density at radius 3 is 2.16 bits per heavy atom. The number of ether oxygens (including phenoxy) is 1. The molecule has 2 amide bonds. The average molecular weight is 426 g/mol. The fourth-order valence-electron chi connectivity index (χ4n) is 3.66. The number of nitrogens with one attached hydrogen (secondary N) is 1. The third kappa shape index (κ3) is 7.38. The zero-order valence-electron chi connectivity index (χ0n) is 17.8. The molecule has 1 unspecified atom stereocenters. The third-order valence-corrected chi connectivity index (χ3v) is 5.45. The van der Waals surface area contributed by atoms with Crippen LogP contribution in [-0.4, -0.2) is 72.3 Å². The van der Waals surface area contributed by atoms with Gasteiger partial charge in [-0.3, -0.25) is 9.69 Å². The second-order valence-electron chi connectivity index (χ2n) is 7.70. The van der Waals surface area contributed by atoms with Gasteiger partial charge in [-0.1, -0.05) is 60.7 Å². The summed E-state index contributed by atoms with van der Waals surface area (Å²) in [5.74, 6) is -0.275. The van der Waals surface area contributed by atoms with Crippen LogP contribution >= 0.6 is 0 Å². The van der Waals surface area contributed by atoms with E-state index in [1.54, 1.807) is 4.90 Å². The highest BCUT2D eigenvalue weighted by Gasteiger charge is 2.28. The van der Waals surface area contributed by atoms with E-state index < -0.39 is 18.7 Å². The number of hydrogen-bond acceptors (Lipinski definition) is 5. The van der Waals surface area contributed by atoms with E-state index in [-0.39, 0.29) is 12.5 Å². The van der Waals surface area contributed by atoms with E-state index in [2.05, 4.69) is 34.5 Å². The van der Waals surface area contributed by atoms with Crippen LogP contribution in [0.5, 0.6) is 0 Å². The fraction of sp³-hybridized carbons (Fsp3) is 0.417. The molecule has 2 aromatic carbocycles. The summed E-state index contributed by atoms with van der Waals surface area (Å²) in [6.07, 6.45) is 1.41. The van der Waals surface area contributed by atoms with Crippen molar-refractivity contribution >= 4 is 12.0 Å². The first-order chi connectivity index (χ1) is 15.2. The summed E-state index contributed by atoms with van der Waals surface area (Å²) < 4.78 is 5.16. The molecule has 7 nitrogen and oxygen atoms in total. The monoisotopic (exact) mass is 425 g/mol. The van der Waals surface area contributed by atoms with E-state index in [9.17, 15) is 14.7 Å². The van der Waals surface area contributed by atoms with Gasteiger partial charge in [-0.15, -0.1) is 0 Å². The summed E-state index contributed by atoms with van der Waals surface area (Å²) in [5, 5.41) is 12.1. The zero-order valence-corrected chi connectivity index (χ0v) is 17.8. The number of benzene rings is 2. The minimum Gasteiger partial charge on any atom is -0.445 e. The SMILES string of the molecule is O=C(NC(CO)C(=O)N1CCN(CCCc2ccccc2)CC1)OCc1ccccc1. The normalized spacial score (nSPS) is 15.3. The Balaban J connectivity index is 1.37. The molecule has 2 aromatic rings. The van der Waals surface area contributed by atoms with Crippen molar-refractivity contribution in [2.24, 2.45) is 0 Å². The first-order valence-electron chi connectivity index (χ1n) is 10.8. The molecular formula is C24H31N3O4. The lowest BCUT2D eigenvalue weighted by atomic mass is 10.1. The maximum atomic E-state index is 12.7. The van der Waals surface area contributed by atoms with Crippen LogP contribution in [-0.2, 0) is 22.6 Å². The first-order valence-corrected chi connectivity index (χ1v) is 10.8. The van der Waals surface area contributed by atoms with Crippen molar-refractivity contribution < 1.29 is 19.4 Å². The Kier molecular flexibility index (Phi) is 8.87. The lowest BCUT2D eigenvalue weighted by Crippen LogP contribution is -2.56. The maximum Gasteiger partial charge on any atom is 0.408 e. The van der Waals surface area contributed by atoms with Crippen molar-refractivity contribution in [3.63, 3.8) is 0 Å². The lowest BCUT2D eigenvalue weighted by molar-refractivity contribution is -0.136. The van der Waals surface area contributed by atoms with E-state index in [1.165, 1.54) is 5.56 Å². The molecule has 1 aliphatic heterocycles. The van der Waals surface area contributed by atoms with Gasteiger partial charge in [0.05, 0.1) is 6.61 Å². The lowest BCUT2D eigenvalue weighted by Gasteiger charge is -2.36. The van der Waals surface area contributed by atoms with Gasteiger partial charge in [-0.05, 0) is 30.5 Å². The molecule has 1 saturated heterocycles. The number of rotatable bonds is 9. The largest absolute Gasteiger partial charge is 0.445 e. The van der Waals surface area contributed by atoms with Crippen LogP contribution in [0.1, 0.15) is 17.5 Å². The van der Waals surface area contributed by atoms with Crippen LogP contribution in [0.4, 0.5) is 4.79 Å². The van der Waals surface area contributed by atoms with Gasteiger partial charge in [0.25, 0.3) is 0 Å². The highest BCUT2D eigenvalue weighted by Crippen LogP contribution is 2.08. The molecule has 0 radical (unpaired) electrons. The minimum atomic E-state index is -0.993. The predicted octanol–water partition coefficient (Wildman–Crippen LogP) is 2.05. The number of aliphatic hydroxyl groups excluding tert-OH is 1. The highest BCUT2D eigenvalue weighted by molar-refractivity contribution is 5.85. The number of alkyl carbamates (subject to hydrolysis) is 1. The molecule has 3 rings (SSSR count). The second kappa shape index (κ2) is 12.1. The van der Waals surface area contributed by atoms with Crippen LogP contribution < -0.4 is 5.32 Å². The summed E-state index contributed by atoms with van der Waals surface area (Å²) in [5.41, 5.74) is 2.19. The van der Waals surface area contributed by atoms with Gasteiger partial charge in [0.15, 0.2) is 0 Å². The standard InChI is InChI=1S/C24H31N3O4/c28-18-22(25-24(30)31-19-21-10-5-2-6-11-21)23(29)27-16-14-26(15-17-27)13-7-12-20-8-3-1-4-9-20/h1-6,8-11,22,28H,7,12-19H2,(H,25,30). The number of aryl methyl sites for hydroxylation is 1. The van der Waals surface area contributed by atoms with Crippen molar-refractivity contribution in [2.75, 3.05) is 39.3 Å². The molecule has 0 aliphatic carbocycles. The number of aliphatic hydroxyl groups is 1. The van der Waals surface area contributed by atoms with Crippen LogP contribution in [0.3, 0.4) is 0 Å². The molecule has 0 bridgehead atoms. The van der Waals surface area contributed by atoms with Gasteiger partial charge >= 0.3 is 6.09 Å². The summed E-state index contributed by atoms with van der Waals surface area (Å²) in [7, 11) is 0. The van der Waals surface area contributed by atoms with Gasteiger partial charge in [-0.2, -0.15) is 0 Å². The molecular weight excluding hydrogens is 394 g/mol. The molecule has 1 fully saturated rings.